The maximum atomic E-state index is 12.2. The number of amides is 1. The summed E-state index contributed by atoms with van der Waals surface area (Å²) in [5, 5.41) is 3.46. The fraction of sp³-hybridized carbons (Fsp3) is 0.105. The summed E-state index contributed by atoms with van der Waals surface area (Å²) >= 11 is 5.85. The molecule has 0 unspecified atom stereocenters. The van der Waals surface area contributed by atoms with Gasteiger partial charge in [0, 0.05) is 10.6 Å². The molecule has 0 bridgehead atoms. The molecule has 0 saturated carbocycles. The molecule has 0 saturated heterocycles. The second kappa shape index (κ2) is 7.23. The molecule has 0 aliphatic heterocycles. The highest BCUT2D eigenvalue weighted by Crippen LogP contribution is 2.19. The molecule has 1 aromatic heterocycles. The van der Waals surface area contributed by atoms with Crippen LogP contribution in [0.15, 0.2) is 60.8 Å². The number of anilines is 1. The molecule has 5 heteroatoms. The van der Waals surface area contributed by atoms with Crippen molar-refractivity contribution in [3.8, 4) is 11.3 Å². The molecule has 0 aliphatic carbocycles. The lowest BCUT2D eigenvalue weighted by atomic mass is 10.1. The molecule has 0 aliphatic rings. The number of hydrogen-bond donors (Lipinski definition) is 1. The highest BCUT2D eigenvalue weighted by molar-refractivity contribution is 6.30. The van der Waals surface area contributed by atoms with E-state index in [9.17, 15) is 4.79 Å². The first-order chi connectivity index (χ1) is 11.6. The van der Waals surface area contributed by atoms with Crippen molar-refractivity contribution in [2.45, 2.75) is 13.3 Å². The minimum absolute atomic E-state index is 0.137. The predicted octanol–water partition coefficient (Wildman–Crippen LogP) is 4.29. The topological polar surface area (TPSA) is 54.9 Å². The SMILES string of the molecule is Cc1nc(-c2ccccc2)cnc1NC(=O)Cc1ccc(Cl)cc1. The Balaban J connectivity index is 1.71. The zero-order valence-electron chi connectivity index (χ0n) is 13.2. The van der Waals surface area contributed by atoms with Crippen molar-refractivity contribution >= 4 is 23.3 Å². The van der Waals surface area contributed by atoms with E-state index >= 15 is 0 Å². The van der Waals surface area contributed by atoms with E-state index in [1.807, 2.05) is 49.4 Å². The Morgan fingerprint density at radius 3 is 2.46 bits per heavy atom. The standard InChI is InChI=1S/C19H16ClN3O/c1-13-19(21-12-17(22-13)15-5-3-2-4-6-15)23-18(24)11-14-7-9-16(20)10-8-14/h2-10,12H,11H2,1H3,(H,21,23,24). The summed E-state index contributed by atoms with van der Waals surface area (Å²) in [7, 11) is 0. The van der Waals surface area contributed by atoms with Crippen molar-refractivity contribution in [2.24, 2.45) is 0 Å². The molecular weight excluding hydrogens is 322 g/mol. The number of halogens is 1. The van der Waals surface area contributed by atoms with Gasteiger partial charge in [-0.15, -0.1) is 0 Å². The Bertz CT molecular complexity index is 848. The quantitative estimate of drug-likeness (QED) is 0.772. The number of aryl methyl sites for hydroxylation is 1. The molecule has 24 heavy (non-hydrogen) atoms. The summed E-state index contributed by atoms with van der Waals surface area (Å²) in [6.07, 6.45) is 1.93. The van der Waals surface area contributed by atoms with Crippen LogP contribution in [0.1, 0.15) is 11.3 Å². The van der Waals surface area contributed by atoms with Gasteiger partial charge in [-0.05, 0) is 24.6 Å². The molecule has 1 amide bonds. The minimum atomic E-state index is -0.137. The summed E-state index contributed by atoms with van der Waals surface area (Å²) in [5.74, 6) is 0.343. The molecule has 0 atom stereocenters. The molecule has 1 N–H and O–H groups in total. The summed E-state index contributed by atoms with van der Waals surface area (Å²) in [6, 6.07) is 17.0. The average Bonchev–Trinajstić information content (AvgIpc) is 2.59. The summed E-state index contributed by atoms with van der Waals surface area (Å²) in [4.78, 5) is 21.0. The smallest absolute Gasteiger partial charge is 0.229 e. The highest BCUT2D eigenvalue weighted by Gasteiger charge is 2.09. The van der Waals surface area contributed by atoms with Crippen LogP contribution in [0.3, 0.4) is 0 Å². The van der Waals surface area contributed by atoms with E-state index in [4.69, 9.17) is 11.6 Å². The Hall–Kier alpha value is -2.72. The minimum Gasteiger partial charge on any atom is -0.309 e. The van der Waals surface area contributed by atoms with E-state index in [0.29, 0.717) is 16.5 Å². The van der Waals surface area contributed by atoms with Crippen LogP contribution in [-0.4, -0.2) is 15.9 Å². The molecule has 120 valence electrons. The van der Waals surface area contributed by atoms with Crippen molar-refractivity contribution in [1.82, 2.24) is 9.97 Å². The van der Waals surface area contributed by atoms with E-state index in [1.165, 1.54) is 0 Å². The summed E-state index contributed by atoms with van der Waals surface area (Å²) < 4.78 is 0. The van der Waals surface area contributed by atoms with Gasteiger partial charge in [-0.25, -0.2) is 9.97 Å². The molecule has 0 radical (unpaired) electrons. The van der Waals surface area contributed by atoms with E-state index in [2.05, 4.69) is 15.3 Å². The first-order valence-corrected chi connectivity index (χ1v) is 7.93. The van der Waals surface area contributed by atoms with Gasteiger partial charge in [-0.3, -0.25) is 4.79 Å². The van der Waals surface area contributed by atoms with Crippen LogP contribution >= 0.6 is 11.6 Å². The summed E-state index contributed by atoms with van der Waals surface area (Å²) in [5.41, 5.74) is 3.35. The molecule has 2 aromatic carbocycles. The first-order valence-electron chi connectivity index (χ1n) is 7.55. The van der Waals surface area contributed by atoms with Crippen LogP contribution in [0.2, 0.25) is 5.02 Å². The molecule has 3 rings (SSSR count). The highest BCUT2D eigenvalue weighted by atomic mass is 35.5. The molecule has 0 spiro atoms. The lowest BCUT2D eigenvalue weighted by Crippen LogP contribution is -2.16. The monoisotopic (exact) mass is 337 g/mol. The third kappa shape index (κ3) is 3.97. The lowest BCUT2D eigenvalue weighted by Gasteiger charge is -2.09. The number of rotatable bonds is 4. The molecule has 3 aromatic rings. The van der Waals surface area contributed by atoms with Gasteiger partial charge in [0.1, 0.15) is 0 Å². The number of nitrogens with zero attached hydrogens (tertiary/aromatic N) is 2. The maximum absolute atomic E-state index is 12.2. The first kappa shape index (κ1) is 16.1. The number of nitrogens with one attached hydrogen (secondary N) is 1. The Morgan fingerprint density at radius 1 is 1.08 bits per heavy atom. The third-order valence-electron chi connectivity index (χ3n) is 3.55. The zero-order chi connectivity index (χ0) is 16.9. The average molecular weight is 338 g/mol. The van der Waals surface area contributed by atoms with E-state index in [1.54, 1.807) is 18.3 Å². The van der Waals surface area contributed by atoms with Gasteiger partial charge in [0.15, 0.2) is 5.82 Å². The molecule has 4 nitrogen and oxygen atoms in total. The number of carbonyl (C=O) groups is 1. The number of hydrogen-bond acceptors (Lipinski definition) is 3. The van der Waals surface area contributed by atoms with Crippen LogP contribution in [0.4, 0.5) is 5.82 Å². The Kier molecular flexibility index (Phi) is 4.87. The van der Waals surface area contributed by atoms with E-state index in [-0.39, 0.29) is 12.3 Å². The van der Waals surface area contributed by atoms with Gasteiger partial charge >= 0.3 is 0 Å². The number of benzene rings is 2. The van der Waals surface area contributed by atoms with Gasteiger partial charge in [0.2, 0.25) is 5.91 Å². The number of carbonyl (C=O) groups excluding carboxylic acids is 1. The van der Waals surface area contributed by atoms with E-state index < -0.39 is 0 Å². The largest absolute Gasteiger partial charge is 0.309 e. The Labute approximate surface area is 145 Å². The van der Waals surface area contributed by atoms with Gasteiger partial charge in [0.05, 0.1) is 24.0 Å². The van der Waals surface area contributed by atoms with Crippen molar-refractivity contribution in [2.75, 3.05) is 5.32 Å². The number of aromatic nitrogens is 2. The maximum Gasteiger partial charge on any atom is 0.229 e. The van der Waals surface area contributed by atoms with Crippen LogP contribution in [0, 0.1) is 6.92 Å². The molecule has 0 fully saturated rings. The van der Waals surface area contributed by atoms with E-state index in [0.717, 1.165) is 16.8 Å². The fourth-order valence-corrected chi connectivity index (χ4v) is 2.44. The van der Waals surface area contributed by atoms with Crippen molar-refractivity contribution in [1.29, 1.82) is 0 Å². The fourth-order valence-electron chi connectivity index (χ4n) is 2.32. The van der Waals surface area contributed by atoms with Crippen LogP contribution in [0.25, 0.3) is 11.3 Å². The third-order valence-corrected chi connectivity index (χ3v) is 3.80. The lowest BCUT2D eigenvalue weighted by molar-refractivity contribution is -0.115. The molecule has 1 heterocycles. The molecular formula is C19H16ClN3O. The second-order valence-electron chi connectivity index (χ2n) is 5.41. The van der Waals surface area contributed by atoms with Crippen molar-refractivity contribution in [3.63, 3.8) is 0 Å². The van der Waals surface area contributed by atoms with Gasteiger partial charge in [0.25, 0.3) is 0 Å². The van der Waals surface area contributed by atoms with Crippen molar-refractivity contribution < 1.29 is 4.79 Å². The van der Waals surface area contributed by atoms with Crippen LogP contribution < -0.4 is 5.32 Å². The van der Waals surface area contributed by atoms with Crippen LogP contribution in [-0.2, 0) is 11.2 Å². The normalized spacial score (nSPS) is 10.4. The second-order valence-corrected chi connectivity index (χ2v) is 5.84. The predicted molar refractivity (Wildman–Crippen MR) is 96.0 cm³/mol. The van der Waals surface area contributed by atoms with Crippen LogP contribution in [0.5, 0.6) is 0 Å². The van der Waals surface area contributed by atoms with Gasteiger partial charge in [-0.2, -0.15) is 0 Å². The van der Waals surface area contributed by atoms with Gasteiger partial charge in [-0.1, -0.05) is 54.1 Å². The van der Waals surface area contributed by atoms with Crippen molar-refractivity contribution in [3.05, 3.63) is 77.1 Å². The van der Waals surface area contributed by atoms with Gasteiger partial charge < -0.3 is 5.32 Å². The Morgan fingerprint density at radius 2 is 1.79 bits per heavy atom. The zero-order valence-corrected chi connectivity index (χ0v) is 13.9. The summed E-state index contributed by atoms with van der Waals surface area (Å²) in [6.45, 7) is 1.83.